The average molecular weight is 833 g/mol. The Hall–Kier alpha value is -1.67. The summed E-state index contributed by atoms with van der Waals surface area (Å²) in [6.07, 6.45) is -28.5. The van der Waals surface area contributed by atoms with Gasteiger partial charge in [0.05, 0.1) is 57.9 Å². The van der Waals surface area contributed by atoms with Crippen molar-refractivity contribution in [2.75, 3.05) is 52.7 Å². The number of phosphoric ester groups is 1. The maximum absolute atomic E-state index is 12.5. The summed E-state index contributed by atoms with van der Waals surface area (Å²) in [5, 5.41) is 147. The number of rotatable bonds is 24. The number of carbonyl (C=O) groups excluding carboxylic acids is 1. The maximum atomic E-state index is 12.5. The molecule has 27 heteroatoms. The van der Waals surface area contributed by atoms with Gasteiger partial charge in [-0.1, -0.05) is 0 Å². The van der Waals surface area contributed by atoms with Crippen LogP contribution in [0.3, 0.4) is 0 Å². The van der Waals surface area contributed by atoms with Gasteiger partial charge in [0.15, 0.2) is 6.29 Å². The highest BCUT2D eigenvalue weighted by molar-refractivity contribution is 7.47. The molecule has 0 bridgehead atoms. The molecule has 0 aromatic heterocycles. The van der Waals surface area contributed by atoms with Crippen LogP contribution in [0, 0.1) is 0 Å². The number of ether oxygens (including phenoxy) is 4. The van der Waals surface area contributed by atoms with Crippen molar-refractivity contribution in [2.24, 2.45) is 0 Å². The Bertz CT molecular complexity index is 1230. The van der Waals surface area contributed by atoms with Gasteiger partial charge in [-0.3, -0.25) is 13.8 Å². The summed E-state index contributed by atoms with van der Waals surface area (Å²) in [6, 6.07) is -1.53. The highest BCUT2D eigenvalue weighted by atomic mass is 31.2. The second kappa shape index (κ2) is 22.5. The second-order valence-electron chi connectivity index (χ2n) is 12.8. The predicted octanol–water partition coefficient (Wildman–Crippen LogP) is -9.50. The molecule has 2 heterocycles. The first-order valence-corrected chi connectivity index (χ1v) is 18.2. The first kappa shape index (κ1) is 49.5. The van der Waals surface area contributed by atoms with Crippen LogP contribution < -0.4 is 10.6 Å². The lowest BCUT2D eigenvalue weighted by molar-refractivity contribution is -0.349. The van der Waals surface area contributed by atoms with E-state index >= 15 is 0 Å². The molecule has 2 aliphatic heterocycles. The Kier molecular flexibility index (Phi) is 20.2. The van der Waals surface area contributed by atoms with Crippen LogP contribution in [0.1, 0.15) is 13.3 Å². The van der Waals surface area contributed by atoms with Crippen LogP contribution in [0.2, 0.25) is 0 Å². The van der Waals surface area contributed by atoms with Crippen LogP contribution in [-0.4, -0.2) is 238 Å². The van der Waals surface area contributed by atoms with E-state index in [2.05, 4.69) is 19.7 Å². The molecule has 0 spiro atoms. The second-order valence-corrected chi connectivity index (χ2v) is 14.2. The van der Waals surface area contributed by atoms with Crippen molar-refractivity contribution in [3.05, 3.63) is 0 Å². The number of hydrogen-bond acceptors (Lipinski definition) is 23. The van der Waals surface area contributed by atoms with Gasteiger partial charge in [0, 0.05) is 26.4 Å². The fourth-order valence-electron chi connectivity index (χ4n) is 5.41. The van der Waals surface area contributed by atoms with E-state index in [1.165, 1.54) is 0 Å². The normalized spacial score (nSPS) is 33.7. The zero-order valence-electron chi connectivity index (χ0n) is 29.4. The minimum absolute atomic E-state index is 0.251. The molecule has 324 valence electrons. The molecule has 1 amide bonds. The van der Waals surface area contributed by atoms with Crippen molar-refractivity contribution in [3.8, 4) is 0 Å². The standard InChI is InChI=1S/C28H53N2O24P/c1-11(34)30-18-13(36)4-28(27(45)46,54-25(18)20(41)15(38)7-32)49-10-17-21(42)22(43)23(44)26(52-17)53-24(16(39)8-33)19(40)14(37)5-29-2-3-50-55(47,48)51-9-12(35)6-31/h12-26,29,31-33,35-44H,2-10H2,1H3,(H,30,34)(H,45,46)(H,47,48)/t12?,13-,14-,15+,16+,17+,18+,19+,20+,21-,22-,23+,24+,25+,26-,28+/m0/s1. The summed E-state index contributed by atoms with van der Waals surface area (Å²) in [4.78, 5) is 33.8. The number of aliphatic hydroxyl groups excluding tert-OH is 13. The molecule has 55 heavy (non-hydrogen) atoms. The van der Waals surface area contributed by atoms with Gasteiger partial charge in [-0.25, -0.2) is 9.36 Å². The number of aliphatic hydroxyl groups is 13. The fourth-order valence-corrected chi connectivity index (χ4v) is 6.17. The number of carbonyl (C=O) groups is 2. The van der Waals surface area contributed by atoms with E-state index in [9.17, 15) is 85.4 Å². The Morgan fingerprint density at radius 3 is 2.11 bits per heavy atom. The van der Waals surface area contributed by atoms with Crippen LogP contribution in [0.4, 0.5) is 0 Å². The number of carboxylic acids is 1. The lowest BCUT2D eigenvalue weighted by Gasteiger charge is -2.47. The number of hydrogen-bond donors (Lipinski definition) is 17. The lowest BCUT2D eigenvalue weighted by atomic mass is 9.88. The van der Waals surface area contributed by atoms with E-state index in [1.807, 2.05) is 0 Å². The van der Waals surface area contributed by atoms with Crippen molar-refractivity contribution in [2.45, 2.75) is 111 Å². The summed E-state index contributed by atoms with van der Waals surface area (Å²) < 4.78 is 42.7. The van der Waals surface area contributed by atoms with Crippen molar-refractivity contribution in [3.63, 3.8) is 0 Å². The van der Waals surface area contributed by atoms with Crippen LogP contribution in [0.15, 0.2) is 0 Å². The summed E-state index contributed by atoms with van der Waals surface area (Å²) in [6.45, 7) is -4.93. The molecular weight excluding hydrogens is 779 g/mol. The van der Waals surface area contributed by atoms with Gasteiger partial charge in [-0.2, -0.15) is 0 Å². The van der Waals surface area contributed by atoms with Gasteiger partial charge >= 0.3 is 13.8 Å². The molecule has 0 aliphatic carbocycles. The quantitative estimate of drug-likeness (QED) is 0.0317. The minimum atomic E-state index is -4.64. The highest BCUT2D eigenvalue weighted by Crippen LogP contribution is 2.43. The topological polar surface area (TPSA) is 434 Å². The Balaban J connectivity index is 2.16. The zero-order chi connectivity index (χ0) is 41.8. The zero-order valence-corrected chi connectivity index (χ0v) is 30.2. The summed E-state index contributed by atoms with van der Waals surface area (Å²) in [7, 11) is -4.64. The van der Waals surface area contributed by atoms with E-state index in [0.29, 0.717) is 0 Å². The first-order chi connectivity index (χ1) is 25.6. The molecule has 26 nitrogen and oxygen atoms in total. The van der Waals surface area contributed by atoms with Crippen LogP contribution in [0.25, 0.3) is 0 Å². The van der Waals surface area contributed by atoms with E-state index < -0.39 is 170 Å². The molecule has 17 N–H and O–H groups in total. The van der Waals surface area contributed by atoms with Crippen molar-refractivity contribution in [1.29, 1.82) is 0 Å². The highest BCUT2D eigenvalue weighted by Gasteiger charge is 2.57. The monoisotopic (exact) mass is 832 g/mol. The molecule has 2 unspecified atom stereocenters. The number of carboxylic acid groups (broad SMARTS) is 1. The van der Waals surface area contributed by atoms with E-state index in [4.69, 9.17) is 24.1 Å². The predicted molar refractivity (Wildman–Crippen MR) is 173 cm³/mol. The van der Waals surface area contributed by atoms with E-state index in [0.717, 1.165) is 6.92 Å². The molecule has 2 rings (SSSR count). The summed E-state index contributed by atoms with van der Waals surface area (Å²) in [5.74, 6) is -5.59. The van der Waals surface area contributed by atoms with Crippen LogP contribution >= 0.6 is 7.82 Å². The van der Waals surface area contributed by atoms with Gasteiger partial charge in [-0.15, -0.1) is 0 Å². The molecule has 0 aromatic rings. The number of amides is 1. The van der Waals surface area contributed by atoms with Crippen LogP contribution in [-0.2, 0) is 42.1 Å². The number of aliphatic carboxylic acids is 1. The first-order valence-electron chi connectivity index (χ1n) is 16.7. The van der Waals surface area contributed by atoms with Gasteiger partial charge in [0.25, 0.3) is 5.79 Å². The Morgan fingerprint density at radius 2 is 1.55 bits per heavy atom. The van der Waals surface area contributed by atoms with Crippen LogP contribution in [0.5, 0.6) is 0 Å². The lowest BCUT2D eigenvalue weighted by Crippen LogP contribution is -2.68. The molecule has 2 saturated heterocycles. The number of nitrogens with one attached hydrogen (secondary N) is 2. The SMILES string of the molecule is CC(=O)N[C@H]1[C@H]([C@H](O)[C@H](O)CO)O[C@@](OC[C@H]2O[C@@H](O[C@@H]([C@H](O)[C@@H](O)CNCCOP(=O)(O)OCC(O)CO)[C@H](O)CO)[C@H](O)[C@@H](O)[C@H]2O)(C(=O)O)C[C@@H]1O. The molecule has 0 saturated carbocycles. The molecular formula is C28H53N2O24P. The third-order valence-corrected chi connectivity index (χ3v) is 9.44. The molecule has 2 aliphatic rings. The third-order valence-electron chi connectivity index (χ3n) is 8.45. The van der Waals surface area contributed by atoms with Crippen molar-refractivity contribution in [1.82, 2.24) is 10.6 Å². The maximum Gasteiger partial charge on any atom is 0.472 e. The average Bonchev–Trinajstić information content (AvgIpc) is 3.14. The van der Waals surface area contributed by atoms with Gasteiger partial charge in [-0.05, 0) is 0 Å². The molecule has 0 aromatic carbocycles. The summed E-state index contributed by atoms with van der Waals surface area (Å²) in [5.41, 5.74) is 0. The molecule has 17 atom stereocenters. The minimum Gasteiger partial charge on any atom is -0.477 e. The van der Waals surface area contributed by atoms with E-state index in [-0.39, 0.29) is 6.54 Å². The Morgan fingerprint density at radius 1 is 0.909 bits per heavy atom. The largest absolute Gasteiger partial charge is 0.477 e. The third kappa shape index (κ3) is 14.0. The summed E-state index contributed by atoms with van der Waals surface area (Å²) >= 11 is 0. The van der Waals surface area contributed by atoms with Gasteiger partial charge in [0.2, 0.25) is 5.91 Å². The van der Waals surface area contributed by atoms with E-state index in [1.54, 1.807) is 0 Å². The van der Waals surface area contributed by atoms with Crippen molar-refractivity contribution >= 4 is 19.7 Å². The molecule has 2 fully saturated rings. The molecule has 0 radical (unpaired) electrons. The fraction of sp³-hybridized carbons (Fsp3) is 0.929. The number of phosphoric acid groups is 1. The van der Waals surface area contributed by atoms with Gasteiger partial charge in [0.1, 0.15) is 67.1 Å². The van der Waals surface area contributed by atoms with Gasteiger partial charge < -0.3 is 106 Å². The Labute approximate surface area is 312 Å². The van der Waals surface area contributed by atoms with Crippen molar-refractivity contribution < 1.29 is 119 Å². The smallest absolute Gasteiger partial charge is 0.472 e.